The predicted molar refractivity (Wildman–Crippen MR) is 119 cm³/mol. The summed E-state index contributed by atoms with van der Waals surface area (Å²) < 4.78 is 10.1. The van der Waals surface area contributed by atoms with Gasteiger partial charge in [0.2, 0.25) is 0 Å². The summed E-state index contributed by atoms with van der Waals surface area (Å²) in [5.41, 5.74) is -0.217. The molecule has 3 heterocycles. The van der Waals surface area contributed by atoms with Gasteiger partial charge in [0, 0.05) is 12.6 Å². The van der Waals surface area contributed by atoms with Gasteiger partial charge in [0.05, 0.1) is 19.0 Å². The maximum atomic E-state index is 12.7. The zero-order chi connectivity index (χ0) is 22.8. The van der Waals surface area contributed by atoms with Gasteiger partial charge in [-0.25, -0.2) is 14.6 Å². The maximum absolute atomic E-state index is 12.7. The number of aryl methyl sites for hydroxylation is 1. The van der Waals surface area contributed by atoms with Crippen molar-refractivity contribution in [1.82, 2.24) is 20.2 Å². The number of amides is 1. The van der Waals surface area contributed by atoms with Crippen LogP contribution in [-0.2, 0) is 16.0 Å². The van der Waals surface area contributed by atoms with Gasteiger partial charge in [-0.2, -0.15) is 0 Å². The summed E-state index contributed by atoms with van der Waals surface area (Å²) in [7, 11) is 1.32. The van der Waals surface area contributed by atoms with Crippen molar-refractivity contribution in [2.75, 3.05) is 20.2 Å². The molecule has 1 aliphatic heterocycles. The molecule has 1 saturated heterocycles. The van der Waals surface area contributed by atoms with Gasteiger partial charge < -0.3 is 19.8 Å². The minimum absolute atomic E-state index is 0.123. The fourth-order valence-electron chi connectivity index (χ4n) is 3.76. The van der Waals surface area contributed by atoms with Gasteiger partial charge >= 0.3 is 12.1 Å². The number of thiophene rings is 1. The molecule has 3 rings (SSSR count). The SMILES string of the molecule is COC(=O)c1sc2nc(CN3CCCCC3CNC(=O)OC(C)(C)C)[nH]c(=O)c2c1C. The van der Waals surface area contributed by atoms with Crippen molar-refractivity contribution in [2.24, 2.45) is 0 Å². The highest BCUT2D eigenvalue weighted by molar-refractivity contribution is 7.20. The first-order valence-corrected chi connectivity index (χ1v) is 11.2. The number of likely N-dealkylation sites (tertiary alicyclic amines) is 1. The third-order valence-corrected chi connectivity index (χ3v) is 6.37. The number of aromatic amines is 1. The van der Waals surface area contributed by atoms with E-state index in [2.05, 4.69) is 20.2 Å². The number of fused-ring (bicyclic) bond motifs is 1. The number of H-pyrrole nitrogens is 1. The molecule has 1 atom stereocenters. The molecule has 0 aliphatic carbocycles. The van der Waals surface area contributed by atoms with Crippen molar-refractivity contribution in [3.63, 3.8) is 0 Å². The molecule has 2 aromatic heterocycles. The van der Waals surface area contributed by atoms with Crippen LogP contribution in [0.2, 0.25) is 0 Å². The van der Waals surface area contributed by atoms with Crippen LogP contribution in [0.3, 0.4) is 0 Å². The second-order valence-corrected chi connectivity index (χ2v) is 9.74. The fraction of sp³-hybridized carbons (Fsp3) is 0.619. The van der Waals surface area contributed by atoms with Crippen LogP contribution in [0.5, 0.6) is 0 Å². The number of hydrogen-bond acceptors (Lipinski definition) is 8. The number of methoxy groups -OCH3 is 1. The Labute approximate surface area is 185 Å². The molecule has 31 heavy (non-hydrogen) atoms. The Morgan fingerprint density at radius 1 is 1.32 bits per heavy atom. The van der Waals surface area contributed by atoms with Gasteiger partial charge in [-0.05, 0) is 52.6 Å². The lowest BCUT2D eigenvalue weighted by molar-refractivity contribution is 0.0490. The maximum Gasteiger partial charge on any atom is 0.407 e. The lowest BCUT2D eigenvalue weighted by Crippen LogP contribution is -2.47. The lowest BCUT2D eigenvalue weighted by atomic mass is 10.0. The van der Waals surface area contributed by atoms with E-state index in [0.717, 1.165) is 25.8 Å². The third kappa shape index (κ3) is 5.62. The monoisotopic (exact) mass is 450 g/mol. The predicted octanol–water partition coefficient (Wildman–Crippen LogP) is 2.96. The average Bonchev–Trinajstić information content (AvgIpc) is 3.02. The first-order valence-electron chi connectivity index (χ1n) is 10.4. The highest BCUT2D eigenvalue weighted by Gasteiger charge is 2.26. The molecule has 2 aromatic rings. The molecule has 2 N–H and O–H groups in total. The van der Waals surface area contributed by atoms with Crippen LogP contribution in [0.4, 0.5) is 4.79 Å². The van der Waals surface area contributed by atoms with E-state index in [1.807, 2.05) is 20.8 Å². The Morgan fingerprint density at radius 2 is 2.06 bits per heavy atom. The molecule has 9 nitrogen and oxygen atoms in total. The normalized spacial score (nSPS) is 17.5. The quantitative estimate of drug-likeness (QED) is 0.673. The molecule has 0 spiro atoms. The molecule has 170 valence electrons. The number of ether oxygens (including phenoxy) is 2. The van der Waals surface area contributed by atoms with E-state index < -0.39 is 17.7 Å². The highest BCUT2D eigenvalue weighted by atomic mass is 32.1. The Balaban J connectivity index is 1.75. The number of aromatic nitrogens is 2. The van der Waals surface area contributed by atoms with E-state index in [9.17, 15) is 14.4 Å². The molecule has 0 radical (unpaired) electrons. The van der Waals surface area contributed by atoms with Crippen LogP contribution in [0.25, 0.3) is 10.2 Å². The lowest BCUT2D eigenvalue weighted by Gasteiger charge is -2.35. The van der Waals surface area contributed by atoms with Crippen molar-refractivity contribution in [3.8, 4) is 0 Å². The molecule has 1 amide bonds. The summed E-state index contributed by atoms with van der Waals surface area (Å²) in [4.78, 5) is 47.3. The smallest absolute Gasteiger partial charge is 0.407 e. The van der Waals surface area contributed by atoms with Crippen molar-refractivity contribution in [1.29, 1.82) is 0 Å². The van der Waals surface area contributed by atoms with Crippen LogP contribution < -0.4 is 10.9 Å². The summed E-state index contributed by atoms with van der Waals surface area (Å²) in [5.74, 6) is 0.0742. The number of hydrogen-bond donors (Lipinski definition) is 2. The van der Waals surface area contributed by atoms with E-state index in [0.29, 0.717) is 39.6 Å². The first-order chi connectivity index (χ1) is 14.6. The molecule has 1 aliphatic rings. The molecule has 0 aromatic carbocycles. The van der Waals surface area contributed by atoms with E-state index >= 15 is 0 Å². The zero-order valence-electron chi connectivity index (χ0n) is 18.7. The van der Waals surface area contributed by atoms with Gasteiger partial charge in [-0.3, -0.25) is 9.69 Å². The van der Waals surface area contributed by atoms with Gasteiger partial charge in [-0.15, -0.1) is 11.3 Å². The number of piperidine rings is 1. The van der Waals surface area contributed by atoms with Crippen LogP contribution >= 0.6 is 11.3 Å². The van der Waals surface area contributed by atoms with Crippen LogP contribution in [0, 0.1) is 6.92 Å². The van der Waals surface area contributed by atoms with E-state index in [1.165, 1.54) is 18.4 Å². The van der Waals surface area contributed by atoms with Crippen LogP contribution in [-0.4, -0.2) is 58.8 Å². The van der Waals surface area contributed by atoms with Crippen molar-refractivity contribution >= 4 is 33.6 Å². The number of nitrogens with one attached hydrogen (secondary N) is 2. The number of esters is 1. The largest absolute Gasteiger partial charge is 0.465 e. The van der Waals surface area contributed by atoms with E-state index in [-0.39, 0.29) is 11.6 Å². The number of alkyl carbamates (subject to hydrolysis) is 1. The second-order valence-electron chi connectivity index (χ2n) is 8.74. The summed E-state index contributed by atoms with van der Waals surface area (Å²) in [5, 5.41) is 3.28. The topological polar surface area (TPSA) is 114 Å². The minimum Gasteiger partial charge on any atom is -0.465 e. The van der Waals surface area contributed by atoms with Crippen LogP contribution in [0.1, 0.15) is 61.1 Å². The molecule has 0 saturated carbocycles. The summed E-state index contributed by atoms with van der Waals surface area (Å²) in [6.45, 7) is 8.98. The molecular formula is C21H30N4O5S. The number of nitrogens with zero attached hydrogens (tertiary/aromatic N) is 2. The first kappa shape index (κ1) is 23.2. The molecule has 0 bridgehead atoms. The van der Waals surface area contributed by atoms with Crippen molar-refractivity contribution in [3.05, 3.63) is 26.6 Å². The Bertz CT molecular complexity index is 1020. The van der Waals surface area contributed by atoms with Gasteiger partial charge in [0.15, 0.2) is 0 Å². The number of carbonyl (C=O) groups is 2. The molecule has 1 fully saturated rings. The van der Waals surface area contributed by atoms with E-state index in [4.69, 9.17) is 9.47 Å². The minimum atomic E-state index is -0.545. The standard InChI is InChI=1S/C21H30N4O5S/c1-12-15-17(26)23-14(24-18(15)31-16(12)19(27)29-5)11-25-9-7-6-8-13(25)10-22-20(28)30-21(2,3)4/h13H,6-11H2,1-5H3,(H,22,28)(H,23,24,26). The fourth-order valence-corrected chi connectivity index (χ4v) is 4.88. The second kappa shape index (κ2) is 9.35. The van der Waals surface area contributed by atoms with Crippen molar-refractivity contribution in [2.45, 2.75) is 65.1 Å². The van der Waals surface area contributed by atoms with E-state index in [1.54, 1.807) is 6.92 Å². The Morgan fingerprint density at radius 3 is 2.74 bits per heavy atom. The van der Waals surface area contributed by atoms with Gasteiger partial charge in [-0.1, -0.05) is 6.42 Å². The summed E-state index contributed by atoms with van der Waals surface area (Å²) >= 11 is 1.17. The number of rotatable bonds is 5. The Kier molecular flexibility index (Phi) is 7.00. The third-order valence-electron chi connectivity index (χ3n) is 5.20. The Hall–Kier alpha value is -2.46. The van der Waals surface area contributed by atoms with Gasteiger partial charge in [0.1, 0.15) is 21.1 Å². The summed E-state index contributed by atoms with van der Waals surface area (Å²) in [6, 6.07) is 0.123. The summed E-state index contributed by atoms with van der Waals surface area (Å²) in [6.07, 6.45) is 2.62. The molecule has 10 heteroatoms. The number of carbonyl (C=O) groups excluding carboxylic acids is 2. The van der Waals surface area contributed by atoms with Gasteiger partial charge in [0.25, 0.3) is 5.56 Å². The zero-order valence-corrected chi connectivity index (χ0v) is 19.5. The van der Waals surface area contributed by atoms with Crippen molar-refractivity contribution < 1.29 is 19.1 Å². The molecule has 1 unspecified atom stereocenters. The average molecular weight is 451 g/mol. The highest BCUT2D eigenvalue weighted by Crippen LogP contribution is 2.28. The molecular weight excluding hydrogens is 420 g/mol. The van der Waals surface area contributed by atoms with Crippen LogP contribution in [0.15, 0.2) is 4.79 Å².